The SMILES string of the molecule is COc1c(C)cc(Br)c(C)c1C(=O)CC1CC1. The normalized spacial score (nSPS) is 14.8. The van der Waals surface area contributed by atoms with Crippen molar-refractivity contribution in [1.82, 2.24) is 0 Å². The number of halogens is 1. The zero-order chi connectivity index (χ0) is 12.6. The molecule has 0 spiro atoms. The highest BCUT2D eigenvalue weighted by Gasteiger charge is 2.28. The maximum absolute atomic E-state index is 12.3. The smallest absolute Gasteiger partial charge is 0.167 e. The second-order valence-electron chi connectivity index (χ2n) is 4.78. The summed E-state index contributed by atoms with van der Waals surface area (Å²) in [5.41, 5.74) is 2.74. The van der Waals surface area contributed by atoms with E-state index in [1.807, 2.05) is 19.9 Å². The number of Topliss-reactive ketones (excluding diaryl/α,β-unsaturated/α-hetero) is 1. The minimum absolute atomic E-state index is 0.214. The molecule has 1 fully saturated rings. The van der Waals surface area contributed by atoms with Gasteiger partial charge in [-0.3, -0.25) is 4.79 Å². The van der Waals surface area contributed by atoms with Gasteiger partial charge in [-0.25, -0.2) is 0 Å². The first kappa shape index (κ1) is 12.6. The van der Waals surface area contributed by atoms with Crippen LogP contribution in [-0.4, -0.2) is 12.9 Å². The summed E-state index contributed by atoms with van der Waals surface area (Å²) in [7, 11) is 1.63. The number of methoxy groups -OCH3 is 1. The molecule has 1 aromatic carbocycles. The molecule has 0 heterocycles. The van der Waals surface area contributed by atoms with Crippen LogP contribution < -0.4 is 4.74 Å². The third-order valence-corrected chi connectivity index (χ3v) is 4.14. The summed E-state index contributed by atoms with van der Waals surface area (Å²) in [6.45, 7) is 3.93. The Bertz CT molecular complexity index is 462. The van der Waals surface area contributed by atoms with Gasteiger partial charge in [-0.05, 0) is 49.8 Å². The number of ketones is 1. The van der Waals surface area contributed by atoms with E-state index in [0.717, 1.165) is 26.9 Å². The molecule has 2 nitrogen and oxygen atoms in total. The van der Waals surface area contributed by atoms with Crippen LogP contribution in [0.4, 0.5) is 0 Å². The molecule has 0 radical (unpaired) electrons. The van der Waals surface area contributed by atoms with Gasteiger partial charge in [0.05, 0.1) is 12.7 Å². The Morgan fingerprint density at radius 1 is 1.47 bits per heavy atom. The molecule has 0 aromatic heterocycles. The Morgan fingerprint density at radius 2 is 2.12 bits per heavy atom. The van der Waals surface area contributed by atoms with Gasteiger partial charge in [-0.1, -0.05) is 15.9 Å². The van der Waals surface area contributed by atoms with Crippen LogP contribution in [0.5, 0.6) is 5.75 Å². The number of ether oxygens (including phenoxy) is 1. The topological polar surface area (TPSA) is 26.3 Å². The molecule has 1 saturated carbocycles. The van der Waals surface area contributed by atoms with Gasteiger partial charge in [0.15, 0.2) is 5.78 Å². The molecular formula is C14H17BrO2. The number of aryl methyl sites for hydroxylation is 1. The fraction of sp³-hybridized carbons (Fsp3) is 0.500. The number of carbonyl (C=O) groups excluding carboxylic acids is 1. The third-order valence-electron chi connectivity index (χ3n) is 3.32. The molecule has 0 amide bonds. The molecule has 1 aromatic rings. The molecule has 92 valence electrons. The van der Waals surface area contributed by atoms with Gasteiger partial charge in [-0.2, -0.15) is 0 Å². The van der Waals surface area contributed by atoms with E-state index >= 15 is 0 Å². The second-order valence-corrected chi connectivity index (χ2v) is 5.63. The van der Waals surface area contributed by atoms with Crippen molar-refractivity contribution in [2.75, 3.05) is 7.11 Å². The van der Waals surface area contributed by atoms with Gasteiger partial charge in [0.2, 0.25) is 0 Å². The first-order valence-corrected chi connectivity index (χ1v) is 6.70. The van der Waals surface area contributed by atoms with E-state index in [1.54, 1.807) is 7.11 Å². The fourth-order valence-corrected chi connectivity index (χ4v) is 2.68. The zero-order valence-electron chi connectivity index (χ0n) is 10.5. The molecular weight excluding hydrogens is 280 g/mol. The first-order valence-electron chi connectivity index (χ1n) is 5.91. The Morgan fingerprint density at radius 3 is 2.65 bits per heavy atom. The summed E-state index contributed by atoms with van der Waals surface area (Å²) in [4.78, 5) is 12.3. The summed E-state index contributed by atoms with van der Waals surface area (Å²) in [5.74, 6) is 1.55. The standard InChI is InChI=1S/C14H17BrO2/c1-8-6-11(15)9(2)13(14(8)17-3)12(16)7-10-4-5-10/h6,10H,4-5,7H2,1-3H3. The van der Waals surface area contributed by atoms with Crippen molar-refractivity contribution in [3.05, 3.63) is 27.2 Å². The van der Waals surface area contributed by atoms with Crippen LogP contribution in [0.3, 0.4) is 0 Å². The Kier molecular flexibility index (Phi) is 3.57. The van der Waals surface area contributed by atoms with Gasteiger partial charge in [0, 0.05) is 10.9 Å². The van der Waals surface area contributed by atoms with Crippen molar-refractivity contribution in [2.24, 2.45) is 5.92 Å². The lowest BCUT2D eigenvalue weighted by atomic mass is 9.97. The van der Waals surface area contributed by atoms with E-state index in [-0.39, 0.29) is 5.78 Å². The van der Waals surface area contributed by atoms with Crippen LogP contribution in [0, 0.1) is 19.8 Å². The quantitative estimate of drug-likeness (QED) is 0.783. The number of benzene rings is 1. The number of rotatable bonds is 4. The lowest BCUT2D eigenvalue weighted by Gasteiger charge is -2.15. The van der Waals surface area contributed by atoms with E-state index in [9.17, 15) is 4.79 Å². The third kappa shape index (κ3) is 2.54. The number of carbonyl (C=O) groups is 1. The van der Waals surface area contributed by atoms with Crippen LogP contribution in [0.25, 0.3) is 0 Å². The van der Waals surface area contributed by atoms with Gasteiger partial charge >= 0.3 is 0 Å². The van der Waals surface area contributed by atoms with E-state index < -0.39 is 0 Å². The van der Waals surface area contributed by atoms with Gasteiger partial charge < -0.3 is 4.74 Å². The lowest BCUT2D eigenvalue weighted by Crippen LogP contribution is -2.07. The number of hydrogen-bond acceptors (Lipinski definition) is 2. The molecule has 0 N–H and O–H groups in total. The van der Waals surface area contributed by atoms with Gasteiger partial charge in [0.1, 0.15) is 5.75 Å². The fourth-order valence-electron chi connectivity index (χ4n) is 2.14. The molecule has 3 heteroatoms. The maximum Gasteiger partial charge on any atom is 0.167 e. The molecule has 17 heavy (non-hydrogen) atoms. The minimum Gasteiger partial charge on any atom is -0.496 e. The van der Waals surface area contributed by atoms with E-state index in [0.29, 0.717) is 12.3 Å². The summed E-state index contributed by atoms with van der Waals surface area (Å²) in [6.07, 6.45) is 3.05. The van der Waals surface area contributed by atoms with Crippen molar-refractivity contribution < 1.29 is 9.53 Å². The molecule has 1 aliphatic carbocycles. The predicted octanol–water partition coefficient (Wildman–Crippen LogP) is 4.06. The van der Waals surface area contributed by atoms with Crippen LogP contribution >= 0.6 is 15.9 Å². The van der Waals surface area contributed by atoms with Gasteiger partial charge in [-0.15, -0.1) is 0 Å². The molecule has 0 saturated heterocycles. The van der Waals surface area contributed by atoms with Crippen molar-refractivity contribution in [3.63, 3.8) is 0 Å². The maximum atomic E-state index is 12.3. The summed E-state index contributed by atoms with van der Waals surface area (Å²) in [5, 5.41) is 0. The summed E-state index contributed by atoms with van der Waals surface area (Å²) in [6, 6.07) is 2.00. The van der Waals surface area contributed by atoms with Crippen LogP contribution in [-0.2, 0) is 0 Å². The highest BCUT2D eigenvalue weighted by molar-refractivity contribution is 9.10. The monoisotopic (exact) mass is 296 g/mol. The molecule has 0 bridgehead atoms. The van der Waals surface area contributed by atoms with E-state index in [1.165, 1.54) is 12.8 Å². The largest absolute Gasteiger partial charge is 0.496 e. The summed E-state index contributed by atoms with van der Waals surface area (Å²) < 4.78 is 6.37. The average molecular weight is 297 g/mol. The highest BCUT2D eigenvalue weighted by atomic mass is 79.9. The van der Waals surface area contributed by atoms with E-state index in [4.69, 9.17) is 4.74 Å². The molecule has 0 aliphatic heterocycles. The predicted molar refractivity (Wildman–Crippen MR) is 71.8 cm³/mol. The number of hydrogen-bond donors (Lipinski definition) is 0. The molecule has 2 rings (SSSR count). The second kappa shape index (κ2) is 4.81. The Balaban J connectivity index is 2.44. The highest BCUT2D eigenvalue weighted by Crippen LogP contribution is 2.38. The zero-order valence-corrected chi connectivity index (χ0v) is 12.1. The first-order chi connectivity index (χ1) is 8.04. The Hall–Kier alpha value is -0.830. The van der Waals surface area contributed by atoms with Crippen LogP contribution in [0.15, 0.2) is 10.5 Å². The van der Waals surface area contributed by atoms with E-state index in [2.05, 4.69) is 15.9 Å². The minimum atomic E-state index is 0.214. The average Bonchev–Trinajstić information content (AvgIpc) is 3.06. The van der Waals surface area contributed by atoms with Gasteiger partial charge in [0.25, 0.3) is 0 Å². The Labute approximate surface area is 110 Å². The molecule has 1 aliphatic rings. The van der Waals surface area contributed by atoms with Crippen molar-refractivity contribution in [2.45, 2.75) is 33.1 Å². The van der Waals surface area contributed by atoms with Crippen LogP contribution in [0.2, 0.25) is 0 Å². The molecule has 0 unspecified atom stereocenters. The van der Waals surface area contributed by atoms with Crippen molar-refractivity contribution in [3.8, 4) is 5.75 Å². The molecule has 0 atom stereocenters. The van der Waals surface area contributed by atoms with Crippen molar-refractivity contribution >= 4 is 21.7 Å². The van der Waals surface area contributed by atoms with Crippen LogP contribution in [0.1, 0.15) is 40.7 Å². The van der Waals surface area contributed by atoms with Crippen molar-refractivity contribution in [1.29, 1.82) is 0 Å². The summed E-state index contributed by atoms with van der Waals surface area (Å²) >= 11 is 3.50. The lowest BCUT2D eigenvalue weighted by molar-refractivity contribution is 0.0972.